The van der Waals surface area contributed by atoms with Gasteiger partial charge in [-0.25, -0.2) is 5.84 Å². The Morgan fingerprint density at radius 2 is 1.94 bits per heavy atom. The zero-order valence-electron chi connectivity index (χ0n) is 8.64. The van der Waals surface area contributed by atoms with Gasteiger partial charge < -0.3 is 0 Å². The van der Waals surface area contributed by atoms with E-state index in [9.17, 15) is 13.2 Å². The first-order valence-electron chi connectivity index (χ1n) is 4.41. The molecule has 88 valence electrons. The summed E-state index contributed by atoms with van der Waals surface area (Å²) in [7, 11) is -3.90. The number of carbonyl (C=O) groups is 1. The Bertz CT molecular complexity index is 467. The van der Waals surface area contributed by atoms with E-state index >= 15 is 0 Å². The molecule has 0 saturated heterocycles. The van der Waals surface area contributed by atoms with Gasteiger partial charge in [-0.1, -0.05) is 17.7 Å². The molecule has 1 aromatic rings. The van der Waals surface area contributed by atoms with Gasteiger partial charge in [-0.3, -0.25) is 14.4 Å². The van der Waals surface area contributed by atoms with Gasteiger partial charge in [-0.15, -0.1) is 0 Å². The molecule has 1 rings (SSSR count). The van der Waals surface area contributed by atoms with E-state index in [0.717, 1.165) is 5.56 Å². The molecule has 0 unspecified atom stereocenters. The minimum atomic E-state index is -3.90. The summed E-state index contributed by atoms with van der Waals surface area (Å²) in [6.07, 6.45) is 0. The van der Waals surface area contributed by atoms with Crippen molar-refractivity contribution in [2.75, 3.05) is 6.61 Å². The third kappa shape index (κ3) is 3.30. The van der Waals surface area contributed by atoms with Crippen LogP contribution in [-0.4, -0.2) is 20.9 Å². The molecule has 0 aliphatic carbocycles. The Morgan fingerprint density at radius 1 is 1.38 bits per heavy atom. The predicted octanol–water partition coefficient (Wildman–Crippen LogP) is -0.310. The highest BCUT2D eigenvalue weighted by Crippen LogP contribution is 2.12. The number of amides is 1. The molecule has 0 aromatic heterocycles. The maximum absolute atomic E-state index is 11.5. The lowest BCUT2D eigenvalue weighted by molar-refractivity contribution is -0.123. The van der Waals surface area contributed by atoms with Crippen molar-refractivity contribution in [1.82, 2.24) is 5.43 Å². The SMILES string of the molecule is Cc1ccc(S(=O)(=O)OCC(=O)NN)cc1. The summed E-state index contributed by atoms with van der Waals surface area (Å²) in [5, 5.41) is 0. The number of hydrogen-bond donors (Lipinski definition) is 2. The van der Waals surface area contributed by atoms with Crippen molar-refractivity contribution in [3.8, 4) is 0 Å². The van der Waals surface area contributed by atoms with E-state index in [1.54, 1.807) is 17.6 Å². The maximum atomic E-state index is 11.5. The van der Waals surface area contributed by atoms with E-state index in [-0.39, 0.29) is 4.90 Å². The third-order valence-electron chi connectivity index (χ3n) is 1.82. The second kappa shape index (κ2) is 5.06. The van der Waals surface area contributed by atoms with Crippen molar-refractivity contribution < 1.29 is 17.4 Å². The molecule has 0 atom stereocenters. The number of hydrogen-bond acceptors (Lipinski definition) is 5. The normalized spacial score (nSPS) is 11.1. The quantitative estimate of drug-likeness (QED) is 0.327. The van der Waals surface area contributed by atoms with Gasteiger partial charge in [0.2, 0.25) is 0 Å². The number of benzene rings is 1. The van der Waals surface area contributed by atoms with Gasteiger partial charge in [0, 0.05) is 0 Å². The molecule has 6 nitrogen and oxygen atoms in total. The number of aryl methyl sites for hydroxylation is 1. The fraction of sp³-hybridized carbons (Fsp3) is 0.222. The van der Waals surface area contributed by atoms with E-state index in [1.165, 1.54) is 12.1 Å². The van der Waals surface area contributed by atoms with Crippen LogP contribution >= 0.6 is 0 Å². The average molecular weight is 244 g/mol. The summed E-state index contributed by atoms with van der Waals surface area (Å²) < 4.78 is 27.5. The van der Waals surface area contributed by atoms with Crippen LogP contribution < -0.4 is 11.3 Å². The molecule has 0 fully saturated rings. The first kappa shape index (κ1) is 12.6. The summed E-state index contributed by atoms with van der Waals surface area (Å²) in [5.41, 5.74) is 2.70. The maximum Gasteiger partial charge on any atom is 0.297 e. The van der Waals surface area contributed by atoms with Crippen molar-refractivity contribution in [2.45, 2.75) is 11.8 Å². The zero-order valence-corrected chi connectivity index (χ0v) is 9.45. The van der Waals surface area contributed by atoms with Crippen LogP contribution in [0.5, 0.6) is 0 Å². The van der Waals surface area contributed by atoms with Crippen molar-refractivity contribution in [3.05, 3.63) is 29.8 Å². The summed E-state index contributed by atoms with van der Waals surface area (Å²) in [6, 6.07) is 6.09. The molecular formula is C9H12N2O4S. The summed E-state index contributed by atoms with van der Waals surface area (Å²) in [6.45, 7) is 1.20. The van der Waals surface area contributed by atoms with E-state index in [4.69, 9.17) is 5.84 Å². The molecule has 0 radical (unpaired) electrons. The first-order valence-corrected chi connectivity index (χ1v) is 5.82. The van der Waals surface area contributed by atoms with Crippen LogP contribution in [0.3, 0.4) is 0 Å². The molecule has 0 saturated carbocycles. The molecule has 0 heterocycles. The Balaban J connectivity index is 2.78. The summed E-state index contributed by atoms with van der Waals surface area (Å²) in [4.78, 5) is 10.7. The molecule has 1 aromatic carbocycles. The fourth-order valence-corrected chi connectivity index (χ4v) is 1.81. The van der Waals surface area contributed by atoms with Crippen LogP contribution in [0.2, 0.25) is 0 Å². The highest BCUT2D eigenvalue weighted by Gasteiger charge is 2.16. The van der Waals surface area contributed by atoms with Crippen LogP contribution in [0, 0.1) is 6.92 Å². The molecule has 1 amide bonds. The van der Waals surface area contributed by atoms with Gasteiger partial charge in [0.1, 0.15) is 6.61 Å². The largest absolute Gasteiger partial charge is 0.297 e. The lowest BCUT2D eigenvalue weighted by atomic mass is 10.2. The Morgan fingerprint density at radius 3 is 2.44 bits per heavy atom. The lowest BCUT2D eigenvalue weighted by Gasteiger charge is -2.04. The predicted molar refractivity (Wildman–Crippen MR) is 56.6 cm³/mol. The molecule has 3 N–H and O–H groups in total. The third-order valence-corrected chi connectivity index (χ3v) is 3.09. The Kier molecular flexibility index (Phi) is 3.99. The summed E-state index contributed by atoms with van der Waals surface area (Å²) in [5.74, 6) is 4.07. The number of nitrogens with two attached hydrogens (primary N) is 1. The monoisotopic (exact) mass is 244 g/mol. The van der Waals surface area contributed by atoms with Gasteiger partial charge in [0.25, 0.3) is 16.0 Å². The molecule has 0 spiro atoms. The molecule has 16 heavy (non-hydrogen) atoms. The van der Waals surface area contributed by atoms with Gasteiger partial charge in [-0.2, -0.15) is 8.42 Å². The van der Waals surface area contributed by atoms with Crippen LogP contribution in [0.25, 0.3) is 0 Å². The number of carbonyl (C=O) groups excluding carboxylic acids is 1. The molecular weight excluding hydrogens is 232 g/mol. The minimum Gasteiger partial charge on any atom is -0.292 e. The van der Waals surface area contributed by atoms with E-state index in [2.05, 4.69) is 4.18 Å². The Hall–Kier alpha value is -1.44. The number of nitrogens with one attached hydrogen (secondary N) is 1. The van der Waals surface area contributed by atoms with Crippen LogP contribution in [0.15, 0.2) is 29.2 Å². The van der Waals surface area contributed by atoms with Crippen LogP contribution in [0.1, 0.15) is 5.56 Å². The topological polar surface area (TPSA) is 98.5 Å². The van der Waals surface area contributed by atoms with Gasteiger partial charge in [0.15, 0.2) is 0 Å². The van der Waals surface area contributed by atoms with Crippen LogP contribution in [-0.2, 0) is 19.1 Å². The van der Waals surface area contributed by atoms with Gasteiger partial charge in [-0.05, 0) is 19.1 Å². The van der Waals surface area contributed by atoms with E-state index < -0.39 is 22.6 Å². The lowest BCUT2D eigenvalue weighted by Crippen LogP contribution is -2.34. The second-order valence-electron chi connectivity index (χ2n) is 3.10. The van der Waals surface area contributed by atoms with Crippen molar-refractivity contribution in [2.24, 2.45) is 5.84 Å². The molecule has 7 heteroatoms. The Labute approximate surface area is 93.5 Å². The van der Waals surface area contributed by atoms with E-state index in [0.29, 0.717) is 0 Å². The average Bonchev–Trinajstić information content (AvgIpc) is 2.26. The molecule has 0 bridgehead atoms. The molecule has 0 aliphatic heterocycles. The fourth-order valence-electron chi connectivity index (χ4n) is 0.946. The highest BCUT2D eigenvalue weighted by molar-refractivity contribution is 7.86. The smallest absolute Gasteiger partial charge is 0.292 e. The standard InChI is InChI=1S/C9H12N2O4S/c1-7-2-4-8(5-3-7)16(13,14)15-6-9(12)11-10/h2-5H,6,10H2,1H3,(H,11,12). The first-order chi connectivity index (χ1) is 7.45. The van der Waals surface area contributed by atoms with Gasteiger partial charge >= 0.3 is 0 Å². The zero-order chi connectivity index (χ0) is 12.2. The van der Waals surface area contributed by atoms with Gasteiger partial charge in [0.05, 0.1) is 4.90 Å². The highest BCUT2D eigenvalue weighted by atomic mass is 32.2. The van der Waals surface area contributed by atoms with Crippen molar-refractivity contribution >= 4 is 16.0 Å². The van der Waals surface area contributed by atoms with Crippen molar-refractivity contribution in [3.63, 3.8) is 0 Å². The molecule has 0 aliphatic rings. The van der Waals surface area contributed by atoms with Crippen molar-refractivity contribution in [1.29, 1.82) is 0 Å². The summed E-state index contributed by atoms with van der Waals surface area (Å²) >= 11 is 0. The second-order valence-corrected chi connectivity index (χ2v) is 4.71. The van der Waals surface area contributed by atoms with E-state index in [1.807, 2.05) is 6.92 Å². The number of rotatable bonds is 4. The minimum absolute atomic E-state index is 0.00271. The number of hydrazine groups is 1. The van der Waals surface area contributed by atoms with Crippen LogP contribution in [0.4, 0.5) is 0 Å².